The lowest BCUT2D eigenvalue weighted by Crippen LogP contribution is -2.34. The van der Waals surface area contributed by atoms with E-state index in [9.17, 15) is 4.79 Å². The minimum Gasteiger partial charge on any atom is -0.352 e. The summed E-state index contributed by atoms with van der Waals surface area (Å²) in [6.45, 7) is 3.83. The van der Waals surface area contributed by atoms with Gasteiger partial charge < -0.3 is 9.47 Å². The normalized spacial score (nSPS) is 18.0. The summed E-state index contributed by atoms with van der Waals surface area (Å²) < 4.78 is 3.74. The van der Waals surface area contributed by atoms with Gasteiger partial charge in [0.15, 0.2) is 0 Å². The van der Waals surface area contributed by atoms with Gasteiger partial charge >= 0.3 is 0 Å². The minimum atomic E-state index is -0.0324. The molecular formula is C17H19N5O. The molecule has 0 aliphatic carbocycles. The number of aromatic nitrogens is 4. The highest BCUT2D eigenvalue weighted by Gasteiger charge is 2.26. The standard InChI is InChI=1S/C17H19N5O/c1-13-18-7-10-20(13)12-14-5-4-9-21(14)16-11-17(23)22-8-3-2-6-15(22)19-16/h2-3,6-8,10-11,14H,4-5,9,12H2,1H3/t14-/m0/s1. The van der Waals surface area contributed by atoms with Gasteiger partial charge in [-0.3, -0.25) is 9.20 Å². The first-order chi connectivity index (χ1) is 11.2. The molecular weight excluding hydrogens is 290 g/mol. The Morgan fingerprint density at radius 2 is 2.22 bits per heavy atom. The molecule has 3 aromatic rings. The molecule has 3 aromatic heterocycles. The van der Waals surface area contributed by atoms with Gasteiger partial charge in [-0.2, -0.15) is 0 Å². The van der Waals surface area contributed by atoms with E-state index in [2.05, 4.69) is 19.4 Å². The van der Waals surface area contributed by atoms with Gasteiger partial charge in [0, 0.05) is 43.8 Å². The molecule has 1 saturated heterocycles. The summed E-state index contributed by atoms with van der Waals surface area (Å²) in [4.78, 5) is 23.5. The van der Waals surface area contributed by atoms with E-state index >= 15 is 0 Å². The molecule has 23 heavy (non-hydrogen) atoms. The molecule has 4 rings (SSSR count). The first-order valence-electron chi connectivity index (χ1n) is 7.95. The molecule has 0 spiro atoms. The number of pyridine rings is 1. The molecule has 1 aliphatic heterocycles. The third kappa shape index (κ3) is 2.50. The zero-order chi connectivity index (χ0) is 15.8. The zero-order valence-corrected chi connectivity index (χ0v) is 13.1. The predicted molar refractivity (Wildman–Crippen MR) is 88.8 cm³/mol. The van der Waals surface area contributed by atoms with Gasteiger partial charge in [-0.25, -0.2) is 9.97 Å². The number of imidazole rings is 1. The van der Waals surface area contributed by atoms with Crippen molar-refractivity contribution < 1.29 is 0 Å². The van der Waals surface area contributed by atoms with E-state index in [1.54, 1.807) is 16.7 Å². The molecule has 6 heteroatoms. The molecule has 1 fully saturated rings. The highest BCUT2D eigenvalue weighted by molar-refractivity contribution is 5.49. The molecule has 0 aromatic carbocycles. The lowest BCUT2D eigenvalue weighted by molar-refractivity contribution is 0.538. The van der Waals surface area contributed by atoms with Crippen LogP contribution in [0.5, 0.6) is 0 Å². The first kappa shape index (κ1) is 14.0. The summed E-state index contributed by atoms with van der Waals surface area (Å²) >= 11 is 0. The Bertz CT molecular complexity index is 897. The topological polar surface area (TPSA) is 55.4 Å². The van der Waals surface area contributed by atoms with Gasteiger partial charge in [0.2, 0.25) is 0 Å². The fourth-order valence-electron chi connectivity index (χ4n) is 3.34. The van der Waals surface area contributed by atoms with Crippen molar-refractivity contribution in [2.45, 2.75) is 32.4 Å². The minimum absolute atomic E-state index is 0.0324. The molecule has 4 heterocycles. The van der Waals surface area contributed by atoms with Crippen molar-refractivity contribution in [3.8, 4) is 0 Å². The van der Waals surface area contributed by atoms with Crippen LogP contribution in [0.1, 0.15) is 18.7 Å². The average Bonchev–Trinajstić information content (AvgIpc) is 3.17. The predicted octanol–water partition coefficient (Wildman–Crippen LogP) is 1.87. The Balaban J connectivity index is 1.69. The Hall–Kier alpha value is -2.63. The maximum atomic E-state index is 12.3. The lowest BCUT2D eigenvalue weighted by atomic mass is 10.2. The summed E-state index contributed by atoms with van der Waals surface area (Å²) in [5.41, 5.74) is 0.662. The maximum absolute atomic E-state index is 12.3. The molecule has 0 amide bonds. The number of rotatable bonds is 3. The molecule has 0 saturated carbocycles. The van der Waals surface area contributed by atoms with Crippen molar-refractivity contribution in [1.82, 2.24) is 18.9 Å². The van der Waals surface area contributed by atoms with Gasteiger partial charge in [-0.15, -0.1) is 0 Å². The summed E-state index contributed by atoms with van der Waals surface area (Å²) in [6.07, 6.45) is 7.82. The number of hydrogen-bond acceptors (Lipinski definition) is 4. The zero-order valence-electron chi connectivity index (χ0n) is 13.1. The fourth-order valence-corrected chi connectivity index (χ4v) is 3.34. The molecule has 1 atom stereocenters. The second-order valence-corrected chi connectivity index (χ2v) is 6.00. The Morgan fingerprint density at radius 3 is 3.04 bits per heavy atom. The van der Waals surface area contributed by atoms with Crippen molar-refractivity contribution in [2.75, 3.05) is 11.4 Å². The van der Waals surface area contributed by atoms with Crippen molar-refractivity contribution in [3.05, 3.63) is 59.0 Å². The van der Waals surface area contributed by atoms with E-state index in [0.717, 1.165) is 37.6 Å². The summed E-state index contributed by atoms with van der Waals surface area (Å²) in [7, 11) is 0. The van der Waals surface area contributed by atoms with Crippen LogP contribution in [0, 0.1) is 6.92 Å². The summed E-state index contributed by atoms with van der Waals surface area (Å²) in [5, 5.41) is 0. The smallest absolute Gasteiger partial charge is 0.259 e. The summed E-state index contributed by atoms with van der Waals surface area (Å²) in [6, 6.07) is 7.61. The van der Waals surface area contributed by atoms with E-state index in [1.165, 1.54) is 0 Å². The molecule has 0 bridgehead atoms. The summed E-state index contributed by atoms with van der Waals surface area (Å²) in [5.74, 6) is 1.80. The van der Waals surface area contributed by atoms with Crippen LogP contribution < -0.4 is 10.5 Å². The second-order valence-electron chi connectivity index (χ2n) is 6.00. The van der Waals surface area contributed by atoms with E-state index in [0.29, 0.717) is 11.7 Å². The lowest BCUT2D eigenvalue weighted by Gasteiger charge is -2.26. The largest absolute Gasteiger partial charge is 0.352 e. The number of aryl methyl sites for hydroxylation is 1. The van der Waals surface area contributed by atoms with Crippen LogP contribution in [0.3, 0.4) is 0 Å². The van der Waals surface area contributed by atoms with Gasteiger partial charge in [0.1, 0.15) is 17.3 Å². The highest BCUT2D eigenvalue weighted by atomic mass is 16.1. The van der Waals surface area contributed by atoms with Gasteiger partial charge in [0.05, 0.1) is 0 Å². The van der Waals surface area contributed by atoms with E-state index in [1.807, 2.05) is 37.5 Å². The SMILES string of the molecule is Cc1nccn1C[C@@H]1CCCN1c1cc(=O)n2ccccc2n1. The van der Waals surface area contributed by atoms with Crippen LogP contribution in [0.4, 0.5) is 5.82 Å². The maximum Gasteiger partial charge on any atom is 0.259 e. The van der Waals surface area contributed by atoms with E-state index in [-0.39, 0.29) is 5.56 Å². The number of fused-ring (bicyclic) bond motifs is 1. The molecule has 0 unspecified atom stereocenters. The molecule has 0 N–H and O–H groups in total. The first-order valence-corrected chi connectivity index (χ1v) is 7.95. The van der Waals surface area contributed by atoms with Crippen LogP contribution in [0.15, 0.2) is 47.7 Å². The Kier molecular flexibility index (Phi) is 3.37. The Labute approximate surface area is 134 Å². The van der Waals surface area contributed by atoms with Crippen molar-refractivity contribution in [1.29, 1.82) is 0 Å². The van der Waals surface area contributed by atoms with Crippen molar-refractivity contribution >= 4 is 11.5 Å². The van der Waals surface area contributed by atoms with Crippen LogP contribution in [-0.4, -0.2) is 31.5 Å². The highest BCUT2D eigenvalue weighted by Crippen LogP contribution is 2.24. The van der Waals surface area contributed by atoms with Crippen LogP contribution in [0.25, 0.3) is 5.65 Å². The van der Waals surface area contributed by atoms with Crippen molar-refractivity contribution in [2.24, 2.45) is 0 Å². The molecule has 1 aliphatic rings. The average molecular weight is 309 g/mol. The van der Waals surface area contributed by atoms with Gasteiger partial charge in [0.25, 0.3) is 5.56 Å². The molecule has 118 valence electrons. The monoisotopic (exact) mass is 309 g/mol. The van der Waals surface area contributed by atoms with Gasteiger partial charge in [-0.05, 0) is 31.9 Å². The quantitative estimate of drug-likeness (QED) is 0.741. The fraction of sp³-hybridized carbons (Fsp3) is 0.353. The number of anilines is 1. The third-order valence-corrected chi connectivity index (χ3v) is 4.56. The number of nitrogens with zero attached hydrogens (tertiary/aromatic N) is 5. The van der Waals surface area contributed by atoms with Crippen molar-refractivity contribution in [3.63, 3.8) is 0 Å². The van der Waals surface area contributed by atoms with Crippen LogP contribution in [-0.2, 0) is 6.54 Å². The van der Waals surface area contributed by atoms with Crippen LogP contribution >= 0.6 is 0 Å². The van der Waals surface area contributed by atoms with Gasteiger partial charge in [-0.1, -0.05) is 6.07 Å². The molecule has 0 radical (unpaired) electrons. The second kappa shape index (κ2) is 5.53. The Morgan fingerprint density at radius 1 is 1.30 bits per heavy atom. The number of hydrogen-bond donors (Lipinski definition) is 0. The van der Waals surface area contributed by atoms with E-state index in [4.69, 9.17) is 0 Å². The van der Waals surface area contributed by atoms with Crippen LogP contribution in [0.2, 0.25) is 0 Å². The third-order valence-electron chi connectivity index (χ3n) is 4.56. The van der Waals surface area contributed by atoms with E-state index < -0.39 is 0 Å². The molecule has 6 nitrogen and oxygen atoms in total.